The highest BCUT2D eigenvalue weighted by Crippen LogP contribution is 2.49. The van der Waals surface area contributed by atoms with Crippen molar-refractivity contribution in [1.82, 2.24) is 5.32 Å². The SMILES string of the molecule is Cc1occc1CNC(=O)[C@H]1C[C@H]1c1ccc2c(c1)OCCO2. The van der Waals surface area contributed by atoms with Crippen molar-refractivity contribution in [1.29, 1.82) is 0 Å². The predicted molar refractivity (Wildman–Crippen MR) is 83.6 cm³/mol. The highest BCUT2D eigenvalue weighted by atomic mass is 16.6. The van der Waals surface area contributed by atoms with E-state index in [1.54, 1.807) is 6.26 Å². The van der Waals surface area contributed by atoms with Gasteiger partial charge in [0.25, 0.3) is 0 Å². The van der Waals surface area contributed by atoms with Crippen LogP contribution < -0.4 is 14.8 Å². The maximum Gasteiger partial charge on any atom is 0.224 e. The molecule has 5 heteroatoms. The number of hydrogen-bond donors (Lipinski definition) is 1. The Balaban J connectivity index is 1.38. The van der Waals surface area contributed by atoms with Crippen LogP contribution in [0.3, 0.4) is 0 Å². The van der Waals surface area contributed by atoms with E-state index in [-0.39, 0.29) is 17.7 Å². The van der Waals surface area contributed by atoms with Gasteiger partial charge in [-0.15, -0.1) is 0 Å². The number of benzene rings is 1. The first kappa shape index (κ1) is 14.2. The Bertz CT molecular complexity index is 736. The maximum absolute atomic E-state index is 12.3. The molecule has 1 amide bonds. The second kappa shape index (κ2) is 5.65. The van der Waals surface area contributed by atoms with Crippen LogP contribution in [0.1, 0.15) is 29.2 Å². The molecule has 2 heterocycles. The molecule has 0 bridgehead atoms. The van der Waals surface area contributed by atoms with Gasteiger partial charge in [0.15, 0.2) is 11.5 Å². The normalized spacial score (nSPS) is 21.8. The average Bonchev–Trinajstić information content (AvgIpc) is 3.28. The molecule has 2 atom stereocenters. The molecule has 1 aliphatic carbocycles. The Kier molecular flexibility index (Phi) is 3.48. The standard InChI is InChI=1S/C18H19NO4/c1-11-13(4-5-21-11)10-19-18(20)15-9-14(15)12-2-3-16-17(8-12)23-7-6-22-16/h2-5,8,14-15H,6-7,9-10H2,1H3,(H,19,20)/t14-,15-/m0/s1. The lowest BCUT2D eigenvalue weighted by atomic mass is 10.1. The van der Waals surface area contributed by atoms with Gasteiger partial charge in [-0.2, -0.15) is 0 Å². The molecule has 1 aliphatic heterocycles. The molecule has 0 radical (unpaired) electrons. The molecule has 120 valence electrons. The minimum absolute atomic E-state index is 0.0461. The van der Waals surface area contributed by atoms with Crippen LogP contribution in [0.4, 0.5) is 0 Å². The monoisotopic (exact) mass is 313 g/mol. The average molecular weight is 313 g/mol. The van der Waals surface area contributed by atoms with E-state index in [0.29, 0.717) is 19.8 Å². The summed E-state index contributed by atoms with van der Waals surface area (Å²) in [5.74, 6) is 2.85. The quantitative estimate of drug-likeness (QED) is 0.943. The number of carbonyl (C=O) groups is 1. The van der Waals surface area contributed by atoms with Gasteiger partial charge in [0, 0.05) is 18.0 Å². The highest BCUT2D eigenvalue weighted by molar-refractivity contribution is 5.83. The molecular formula is C18H19NO4. The smallest absolute Gasteiger partial charge is 0.224 e. The fraction of sp³-hybridized carbons (Fsp3) is 0.389. The minimum Gasteiger partial charge on any atom is -0.486 e. The molecule has 5 nitrogen and oxygen atoms in total. The van der Waals surface area contributed by atoms with Gasteiger partial charge in [0.05, 0.1) is 6.26 Å². The summed E-state index contributed by atoms with van der Waals surface area (Å²) in [5.41, 5.74) is 2.17. The third-order valence-corrected chi connectivity index (χ3v) is 4.54. The molecule has 1 fully saturated rings. The van der Waals surface area contributed by atoms with Crippen molar-refractivity contribution < 1.29 is 18.7 Å². The topological polar surface area (TPSA) is 60.7 Å². The van der Waals surface area contributed by atoms with Crippen molar-refractivity contribution in [3.63, 3.8) is 0 Å². The van der Waals surface area contributed by atoms with Crippen LogP contribution in [0.2, 0.25) is 0 Å². The van der Waals surface area contributed by atoms with Crippen molar-refractivity contribution in [2.75, 3.05) is 13.2 Å². The maximum atomic E-state index is 12.3. The number of carbonyl (C=O) groups excluding carboxylic acids is 1. The summed E-state index contributed by atoms with van der Waals surface area (Å²) in [6.45, 7) is 3.59. The van der Waals surface area contributed by atoms with Crippen LogP contribution in [0.25, 0.3) is 0 Å². The summed E-state index contributed by atoms with van der Waals surface area (Å²) in [6.07, 6.45) is 2.53. The zero-order valence-corrected chi connectivity index (χ0v) is 13.0. The third kappa shape index (κ3) is 2.79. The Labute approximate surface area is 134 Å². The molecule has 4 rings (SSSR count). The zero-order chi connectivity index (χ0) is 15.8. The third-order valence-electron chi connectivity index (χ3n) is 4.54. The molecule has 23 heavy (non-hydrogen) atoms. The van der Waals surface area contributed by atoms with E-state index in [4.69, 9.17) is 13.9 Å². The van der Waals surface area contributed by atoms with E-state index in [2.05, 4.69) is 5.32 Å². The predicted octanol–water partition coefficient (Wildman–Crippen LogP) is 2.78. The van der Waals surface area contributed by atoms with Crippen LogP contribution in [-0.4, -0.2) is 19.1 Å². The molecular weight excluding hydrogens is 294 g/mol. The van der Waals surface area contributed by atoms with Gasteiger partial charge in [-0.25, -0.2) is 0 Å². The summed E-state index contributed by atoms with van der Waals surface area (Å²) in [7, 11) is 0. The zero-order valence-electron chi connectivity index (χ0n) is 13.0. The van der Waals surface area contributed by atoms with Gasteiger partial charge < -0.3 is 19.2 Å². The van der Waals surface area contributed by atoms with Crippen molar-refractivity contribution in [3.8, 4) is 11.5 Å². The molecule has 1 aromatic heterocycles. The van der Waals surface area contributed by atoms with Crippen LogP contribution in [0.5, 0.6) is 11.5 Å². The van der Waals surface area contributed by atoms with Gasteiger partial charge in [-0.05, 0) is 43.0 Å². The summed E-state index contributed by atoms with van der Waals surface area (Å²) < 4.78 is 16.4. The van der Waals surface area contributed by atoms with Crippen LogP contribution >= 0.6 is 0 Å². The Hall–Kier alpha value is -2.43. The largest absolute Gasteiger partial charge is 0.486 e. The second-order valence-electron chi connectivity index (χ2n) is 6.07. The molecule has 2 aromatic rings. The Morgan fingerprint density at radius 3 is 2.83 bits per heavy atom. The van der Waals surface area contributed by atoms with Crippen molar-refractivity contribution in [2.45, 2.75) is 25.8 Å². The highest BCUT2D eigenvalue weighted by Gasteiger charge is 2.44. The van der Waals surface area contributed by atoms with E-state index < -0.39 is 0 Å². The molecule has 0 unspecified atom stereocenters. The lowest BCUT2D eigenvalue weighted by Crippen LogP contribution is -2.25. The van der Waals surface area contributed by atoms with E-state index in [1.807, 2.05) is 31.2 Å². The lowest BCUT2D eigenvalue weighted by molar-refractivity contribution is -0.122. The van der Waals surface area contributed by atoms with Gasteiger partial charge in [0.2, 0.25) is 5.91 Å². The van der Waals surface area contributed by atoms with E-state index >= 15 is 0 Å². The minimum atomic E-state index is 0.0461. The lowest BCUT2D eigenvalue weighted by Gasteiger charge is -2.18. The first-order valence-electron chi connectivity index (χ1n) is 7.92. The fourth-order valence-corrected chi connectivity index (χ4v) is 3.05. The first-order chi connectivity index (χ1) is 11.2. The van der Waals surface area contributed by atoms with Gasteiger partial charge in [0.1, 0.15) is 19.0 Å². The molecule has 0 saturated heterocycles. The number of amides is 1. The van der Waals surface area contributed by atoms with Crippen LogP contribution in [-0.2, 0) is 11.3 Å². The molecule has 1 saturated carbocycles. The van der Waals surface area contributed by atoms with E-state index in [1.165, 1.54) is 0 Å². The van der Waals surface area contributed by atoms with Crippen LogP contribution in [0.15, 0.2) is 34.9 Å². The summed E-state index contributed by atoms with van der Waals surface area (Å²) in [4.78, 5) is 12.3. The second-order valence-corrected chi connectivity index (χ2v) is 6.07. The number of nitrogens with one attached hydrogen (secondary N) is 1. The van der Waals surface area contributed by atoms with E-state index in [0.717, 1.165) is 34.8 Å². The Morgan fingerprint density at radius 2 is 2.04 bits per heavy atom. The number of rotatable bonds is 4. The van der Waals surface area contributed by atoms with Crippen molar-refractivity contribution in [2.24, 2.45) is 5.92 Å². The van der Waals surface area contributed by atoms with Gasteiger partial charge >= 0.3 is 0 Å². The van der Waals surface area contributed by atoms with Crippen molar-refractivity contribution in [3.05, 3.63) is 47.4 Å². The van der Waals surface area contributed by atoms with E-state index in [9.17, 15) is 4.79 Å². The number of ether oxygens (including phenoxy) is 2. The number of aryl methyl sites for hydroxylation is 1. The fourth-order valence-electron chi connectivity index (χ4n) is 3.05. The van der Waals surface area contributed by atoms with Crippen LogP contribution in [0, 0.1) is 12.8 Å². The molecule has 2 aliphatic rings. The Morgan fingerprint density at radius 1 is 1.22 bits per heavy atom. The van der Waals surface area contributed by atoms with Crippen molar-refractivity contribution >= 4 is 5.91 Å². The van der Waals surface area contributed by atoms with Gasteiger partial charge in [-0.3, -0.25) is 4.79 Å². The molecule has 1 aromatic carbocycles. The number of fused-ring (bicyclic) bond motifs is 1. The summed E-state index contributed by atoms with van der Waals surface area (Å²) in [5, 5.41) is 3.00. The molecule has 0 spiro atoms. The first-order valence-corrected chi connectivity index (χ1v) is 7.92. The number of furan rings is 1. The summed E-state index contributed by atoms with van der Waals surface area (Å²) in [6, 6.07) is 7.87. The summed E-state index contributed by atoms with van der Waals surface area (Å²) >= 11 is 0. The number of hydrogen-bond acceptors (Lipinski definition) is 4. The van der Waals surface area contributed by atoms with Gasteiger partial charge in [-0.1, -0.05) is 6.07 Å². The molecule has 1 N–H and O–H groups in total.